The summed E-state index contributed by atoms with van der Waals surface area (Å²) >= 11 is 5.96. The van der Waals surface area contributed by atoms with Crippen molar-refractivity contribution in [1.82, 2.24) is 9.55 Å². The van der Waals surface area contributed by atoms with E-state index in [1.165, 1.54) is 0 Å². The maximum Gasteiger partial charge on any atom is 0.152 e. The molecule has 0 saturated carbocycles. The molecule has 0 bridgehead atoms. The summed E-state index contributed by atoms with van der Waals surface area (Å²) in [7, 11) is -1.34. The van der Waals surface area contributed by atoms with E-state index in [2.05, 4.69) is 4.98 Å². The van der Waals surface area contributed by atoms with Gasteiger partial charge < -0.3 is 9.30 Å². The lowest BCUT2D eigenvalue weighted by Crippen LogP contribution is -2.13. The quantitative estimate of drug-likeness (QED) is 0.814. The third kappa shape index (κ3) is 2.27. The first kappa shape index (κ1) is 13.7. The average molecular weight is 315 g/mol. The molecule has 108 valence electrons. The zero-order valence-corrected chi connectivity index (χ0v) is 12.6. The smallest absolute Gasteiger partial charge is 0.152 e. The van der Waals surface area contributed by atoms with E-state index in [-0.39, 0.29) is 23.4 Å². The van der Waals surface area contributed by atoms with E-state index in [9.17, 15) is 8.42 Å². The fourth-order valence-corrected chi connectivity index (χ4v) is 4.62. The number of hydrogen-bond donors (Lipinski definition) is 0. The second-order valence-electron chi connectivity index (χ2n) is 4.94. The molecular formula is C13H15ClN2O3S. The Hall–Kier alpha value is -1.27. The van der Waals surface area contributed by atoms with Gasteiger partial charge in [-0.05, 0) is 18.6 Å². The van der Waals surface area contributed by atoms with E-state index in [0.717, 1.165) is 16.8 Å². The van der Waals surface area contributed by atoms with Gasteiger partial charge in [0.1, 0.15) is 11.6 Å². The first-order valence-electron chi connectivity index (χ1n) is 6.35. The highest BCUT2D eigenvalue weighted by Crippen LogP contribution is 2.31. The van der Waals surface area contributed by atoms with Gasteiger partial charge >= 0.3 is 0 Å². The van der Waals surface area contributed by atoms with Crippen molar-refractivity contribution >= 4 is 32.5 Å². The van der Waals surface area contributed by atoms with E-state index < -0.39 is 9.84 Å². The minimum atomic E-state index is -2.94. The molecule has 1 aliphatic rings. The van der Waals surface area contributed by atoms with Crippen LogP contribution in [-0.4, -0.2) is 36.6 Å². The maximum absolute atomic E-state index is 11.7. The molecule has 3 rings (SSSR count). The Bertz CT molecular complexity index is 754. The number of benzene rings is 1. The van der Waals surface area contributed by atoms with Gasteiger partial charge in [-0.1, -0.05) is 0 Å². The van der Waals surface area contributed by atoms with Crippen molar-refractivity contribution < 1.29 is 13.2 Å². The van der Waals surface area contributed by atoms with Crippen molar-refractivity contribution in [1.29, 1.82) is 0 Å². The molecule has 2 heterocycles. The van der Waals surface area contributed by atoms with Gasteiger partial charge in [-0.15, -0.1) is 11.6 Å². The Balaban J connectivity index is 2.14. The number of nitrogens with zero attached hydrogens (tertiary/aromatic N) is 2. The van der Waals surface area contributed by atoms with Gasteiger partial charge in [0.25, 0.3) is 0 Å². The maximum atomic E-state index is 11.7. The van der Waals surface area contributed by atoms with Gasteiger partial charge in [-0.3, -0.25) is 0 Å². The molecule has 0 N–H and O–H groups in total. The highest BCUT2D eigenvalue weighted by molar-refractivity contribution is 7.91. The molecule has 0 aliphatic carbocycles. The molecule has 1 fully saturated rings. The van der Waals surface area contributed by atoms with Crippen molar-refractivity contribution in [3.63, 3.8) is 0 Å². The van der Waals surface area contributed by atoms with Crippen LogP contribution in [0.2, 0.25) is 0 Å². The van der Waals surface area contributed by atoms with Crippen LogP contribution in [0.1, 0.15) is 18.3 Å². The van der Waals surface area contributed by atoms with Crippen LogP contribution in [-0.2, 0) is 15.7 Å². The van der Waals surface area contributed by atoms with E-state index in [1.54, 1.807) is 7.11 Å². The number of sulfone groups is 1. The molecule has 0 amide bonds. The number of methoxy groups -OCH3 is 1. The number of halogens is 1. The second kappa shape index (κ2) is 4.93. The molecule has 1 aromatic carbocycles. The van der Waals surface area contributed by atoms with Gasteiger partial charge in [-0.2, -0.15) is 0 Å². The normalized spacial score (nSPS) is 21.4. The second-order valence-corrected chi connectivity index (χ2v) is 7.44. The highest BCUT2D eigenvalue weighted by atomic mass is 35.5. The number of ether oxygens (including phenoxy) is 1. The molecule has 1 aromatic heterocycles. The van der Waals surface area contributed by atoms with Crippen molar-refractivity contribution in [3.05, 3.63) is 24.0 Å². The van der Waals surface area contributed by atoms with Crippen LogP contribution in [0.4, 0.5) is 0 Å². The van der Waals surface area contributed by atoms with E-state index in [4.69, 9.17) is 16.3 Å². The van der Waals surface area contributed by atoms with Crippen LogP contribution < -0.4 is 4.74 Å². The van der Waals surface area contributed by atoms with Gasteiger partial charge in [-0.25, -0.2) is 13.4 Å². The number of aromatic nitrogens is 2. The van der Waals surface area contributed by atoms with Crippen LogP contribution in [0.5, 0.6) is 5.75 Å². The summed E-state index contributed by atoms with van der Waals surface area (Å²) in [5, 5.41) is 0. The lowest BCUT2D eigenvalue weighted by atomic mass is 10.2. The molecule has 0 spiro atoms. The standard InChI is InChI=1S/C13H15ClN2O3S/c1-19-10-2-3-12-11(6-10)15-13(7-14)16(12)9-4-5-20(17,18)8-9/h2-3,6,9H,4-5,7-8H2,1H3. The fraction of sp³-hybridized carbons (Fsp3) is 0.462. The zero-order valence-electron chi connectivity index (χ0n) is 11.0. The lowest BCUT2D eigenvalue weighted by Gasteiger charge is -2.14. The van der Waals surface area contributed by atoms with Crippen LogP contribution in [0.25, 0.3) is 11.0 Å². The molecule has 1 unspecified atom stereocenters. The van der Waals surface area contributed by atoms with Crippen molar-refractivity contribution in [2.75, 3.05) is 18.6 Å². The molecule has 7 heteroatoms. The molecule has 2 aromatic rings. The van der Waals surface area contributed by atoms with Crippen molar-refractivity contribution in [2.45, 2.75) is 18.3 Å². The topological polar surface area (TPSA) is 61.2 Å². The SMILES string of the molecule is COc1ccc2c(c1)nc(CCl)n2C1CCS(=O)(=O)C1. The Labute approximate surface area is 122 Å². The zero-order chi connectivity index (χ0) is 14.3. The summed E-state index contributed by atoms with van der Waals surface area (Å²) in [6.45, 7) is 0. The van der Waals surface area contributed by atoms with Gasteiger partial charge in [0, 0.05) is 6.07 Å². The summed E-state index contributed by atoms with van der Waals surface area (Å²) in [5.74, 6) is 2.08. The summed E-state index contributed by atoms with van der Waals surface area (Å²) in [6.07, 6.45) is 0.615. The fourth-order valence-electron chi connectivity index (χ4n) is 2.74. The molecule has 0 radical (unpaired) electrons. The number of fused-ring (bicyclic) bond motifs is 1. The number of imidazole rings is 1. The Morgan fingerprint density at radius 2 is 2.30 bits per heavy atom. The van der Waals surface area contributed by atoms with Crippen LogP contribution in [0, 0.1) is 0 Å². The summed E-state index contributed by atoms with van der Waals surface area (Å²) in [4.78, 5) is 4.49. The monoisotopic (exact) mass is 314 g/mol. The van der Waals surface area contributed by atoms with Crippen LogP contribution >= 0.6 is 11.6 Å². The van der Waals surface area contributed by atoms with E-state index in [0.29, 0.717) is 12.2 Å². The molecule has 1 saturated heterocycles. The van der Waals surface area contributed by atoms with Gasteiger partial charge in [0.05, 0.1) is 41.6 Å². The Kier molecular flexibility index (Phi) is 3.38. The number of hydrogen-bond acceptors (Lipinski definition) is 4. The summed E-state index contributed by atoms with van der Waals surface area (Å²) < 4.78 is 30.5. The third-order valence-corrected chi connectivity index (χ3v) is 5.65. The minimum Gasteiger partial charge on any atom is -0.497 e. The van der Waals surface area contributed by atoms with Crippen molar-refractivity contribution in [3.8, 4) is 5.75 Å². The molecule has 1 aliphatic heterocycles. The third-order valence-electron chi connectivity index (χ3n) is 3.66. The van der Waals surface area contributed by atoms with E-state index >= 15 is 0 Å². The lowest BCUT2D eigenvalue weighted by molar-refractivity contribution is 0.415. The molecular weight excluding hydrogens is 300 g/mol. The molecule has 1 atom stereocenters. The first-order chi connectivity index (χ1) is 9.54. The highest BCUT2D eigenvalue weighted by Gasteiger charge is 2.31. The van der Waals surface area contributed by atoms with E-state index in [1.807, 2.05) is 22.8 Å². The predicted molar refractivity (Wildman–Crippen MR) is 78.1 cm³/mol. The number of alkyl halides is 1. The summed E-state index contributed by atoms with van der Waals surface area (Å²) in [5.41, 5.74) is 1.69. The summed E-state index contributed by atoms with van der Waals surface area (Å²) in [6, 6.07) is 5.52. The largest absolute Gasteiger partial charge is 0.497 e. The Morgan fingerprint density at radius 3 is 2.90 bits per heavy atom. The predicted octanol–water partition coefficient (Wildman–Crippen LogP) is 2.14. The minimum absolute atomic E-state index is 0.0767. The van der Waals surface area contributed by atoms with Crippen molar-refractivity contribution in [2.24, 2.45) is 0 Å². The van der Waals surface area contributed by atoms with Crippen LogP contribution in [0.15, 0.2) is 18.2 Å². The molecule has 5 nitrogen and oxygen atoms in total. The Morgan fingerprint density at radius 1 is 1.50 bits per heavy atom. The number of rotatable bonds is 3. The van der Waals surface area contributed by atoms with Gasteiger partial charge in [0.15, 0.2) is 9.84 Å². The molecule has 20 heavy (non-hydrogen) atoms. The van der Waals surface area contributed by atoms with Crippen LogP contribution in [0.3, 0.4) is 0 Å². The average Bonchev–Trinajstić information content (AvgIpc) is 2.97. The van der Waals surface area contributed by atoms with Gasteiger partial charge in [0.2, 0.25) is 0 Å². The first-order valence-corrected chi connectivity index (χ1v) is 8.71.